The molecule has 0 spiro atoms. The first-order valence-electron chi connectivity index (χ1n) is 10.8. The van der Waals surface area contributed by atoms with E-state index >= 15 is 0 Å². The molecule has 0 saturated carbocycles. The average molecular weight is 457 g/mol. The van der Waals surface area contributed by atoms with Crippen molar-refractivity contribution in [1.29, 1.82) is 10.7 Å². The number of halogens is 3. The van der Waals surface area contributed by atoms with E-state index in [1.165, 1.54) is 6.07 Å². The molecule has 1 atom stereocenters. The fourth-order valence-electron chi connectivity index (χ4n) is 3.77. The molecule has 8 heteroatoms. The van der Waals surface area contributed by atoms with Gasteiger partial charge in [-0.15, -0.1) is 0 Å². The number of nitrogens with one attached hydrogen (secondary N) is 1. The summed E-state index contributed by atoms with van der Waals surface area (Å²) in [6, 6.07) is 12.7. The first-order valence-corrected chi connectivity index (χ1v) is 10.8. The molecule has 0 bridgehead atoms. The molecule has 0 aliphatic rings. The lowest BCUT2D eigenvalue weighted by atomic mass is 10.00. The summed E-state index contributed by atoms with van der Waals surface area (Å²) in [6.45, 7) is 4.70. The summed E-state index contributed by atoms with van der Waals surface area (Å²) < 4.78 is 46.7. The van der Waals surface area contributed by atoms with Crippen molar-refractivity contribution < 1.29 is 23.0 Å². The van der Waals surface area contributed by atoms with Crippen LogP contribution in [0.1, 0.15) is 49.3 Å². The average Bonchev–Trinajstić information content (AvgIpc) is 3.19. The van der Waals surface area contributed by atoms with E-state index < -0.39 is 23.2 Å². The second-order valence-electron chi connectivity index (χ2n) is 7.94. The van der Waals surface area contributed by atoms with Crippen molar-refractivity contribution in [2.45, 2.75) is 51.7 Å². The zero-order chi connectivity index (χ0) is 24.2. The molecule has 1 heterocycles. The maximum Gasteiger partial charge on any atom is 0.433 e. The number of aryl methyl sites for hydroxylation is 1. The highest BCUT2D eigenvalue weighted by Gasteiger charge is 2.37. The lowest BCUT2D eigenvalue weighted by Gasteiger charge is -2.17. The number of benzene rings is 2. The van der Waals surface area contributed by atoms with Crippen molar-refractivity contribution in [1.82, 2.24) is 4.57 Å². The van der Waals surface area contributed by atoms with Gasteiger partial charge in [-0.2, -0.15) is 18.4 Å². The summed E-state index contributed by atoms with van der Waals surface area (Å²) in [4.78, 5) is 0. The van der Waals surface area contributed by atoms with E-state index in [2.05, 4.69) is 10.6 Å². The number of aromatic hydroxyl groups is 1. The summed E-state index contributed by atoms with van der Waals surface area (Å²) in [7, 11) is 0. The third kappa shape index (κ3) is 5.30. The van der Waals surface area contributed by atoms with E-state index in [0.29, 0.717) is 38.2 Å². The van der Waals surface area contributed by atoms with Crippen molar-refractivity contribution in [2.75, 3.05) is 6.61 Å². The number of fused-ring (bicyclic) bond motifs is 1. The van der Waals surface area contributed by atoms with Crippen molar-refractivity contribution in [3.8, 4) is 17.6 Å². The van der Waals surface area contributed by atoms with E-state index in [0.717, 1.165) is 22.5 Å². The second kappa shape index (κ2) is 9.99. The van der Waals surface area contributed by atoms with Crippen molar-refractivity contribution in [3.63, 3.8) is 0 Å². The van der Waals surface area contributed by atoms with Crippen LogP contribution >= 0.6 is 0 Å². The minimum Gasteiger partial charge on any atom is -0.507 e. The number of phenols is 1. The Balaban J connectivity index is 1.69. The first-order chi connectivity index (χ1) is 15.7. The number of nitriles is 1. The van der Waals surface area contributed by atoms with Gasteiger partial charge in [0.25, 0.3) is 0 Å². The third-order valence-corrected chi connectivity index (χ3v) is 5.58. The fraction of sp³-hybridized carbons (Fsp3) is 0.360. The molecule has 0 saturated heterocycles. The van der Waals surface area contributed by atoms with Crippen LogP contribution in [-0.2, 0) is 13.0 Å². The Labute approximate surface area is 190 Å². The molecule has 3 aromatic rings. The Hall–Kier alpha value is -3.47. The van der Waals surface area contributed by atoms with Gasteiger partial charge in [0, 0.05) is 29.4 Å². The van der Waals surface area contributed by atoms with Crippen molar-refractivity contribution in [2.24, 2.45) is 0 Å². The zero-order valence-electron chi connectivity index (χ0n) is 18.5. The van der Waals surface area contributed by atoms with Crippen LogP contribution in [0.5, 0.6) is 11.5 Å². The molecule has 0 aliphatic heterocycles. The highest BCUT2D eigenvalue weighted by Crippen LogP contribution is 2.36. The Bertz CT molecular complexity index is 1190. The van der Waals surface area contributed by atoms with Gasteiger partial charge < -0.3 is 14.4 Å². The predicted octanol–water partition coefficient (Wildman–Crippen LogP) is 6.33. The van der Waals surface area contributed by atoms with Gasteiger partial charge in [-0.25, -0.2) is 0 Å². The molecule has 1 aromatic heterocycles. The predicted molar refractivity (Wildman–Crippen MR) is 121 cm³/mol. The largest absolute Gasteiger partial charge is 0.507 e. The standard InChI is InChI=1S/C25H26F3N3O2/c1-3-5-19-22(9-7-20(23(19)32)24(30)25(26,27)28)33-13-4-11-31-12-10-18-14-17(16(2)15-29)6-8-21(18)31/h6-10,12,14,16,30,32H,3-5,11,13H2,1-2H3. The van der Waals surface area contributed by atoms with Crippen LogP contribution in [0.4, 0.5) is 13.2 Å². The molecule has 0 amide bonds. The Kier molecular flexibility index (Phi) is 7.32. The summed E-state index contributed by atoms with van der Waals surface area (Å²) in [5.41, 5.74) is 0.187. The van der Waals surface area contributed by atoms with Gasteiger partial charge in [-0.1, -0.05) is 19.4 Å². The van der Waals surface area contributed by atoms with Crippen LogP contribution in [-0.4, -0.2) is 28.2 Å². The van der Waals surface area contributed by atoms with Gasteiger partial charge >= 0.3 is 6.18 Å². The van der Waals surface area contributed by atoms with E-state index in [9.17, 15) is 18.3 Å². The van der Waals surface area contributed by atoms with Gasteiger partial charge in [0.1, 0.15) is 17.2 Å². The molecule has 33 heavy (non-hydrogen) atoms. The molecule has 0 aliphatic carbocycles. The highest BCUT2D eigenvalue weighted by atomic mass is 19.4. The molecule has 0 radical (unpaired) electrons. The normalized spacial score (nSPS) is 12.5. The molecule has 174 valence electrons. The number of aromatic nitrogens is 1. The molecule has 1 unspecified atom stereocenters. The Morgan fingerprint density at radius 1 is 1.24 bits per heavy atom. The summed E-state index contributed by atoms with van der Waals surface area (Å²) in [5, 5.41) is 27.9. The van der Waals surface area contributed by atoms with Crippen molar-refractivity contribution >= 4 is 16.6 Å². The molecule has 3 rings (SSSR count). The molecule has 5 nitrogen and oxygen atoms in total. The monoisotopic (exact) mass is 457 g/mol. The number of alkyl halides is 3. The summed E-state index contributed by atoms with van der Waals surface area (Å²) in [6.07, 6.45) is -1.28. The van der Waals surface area contributed by atoms with E-state index in [4.69, 9.17) is 15.4 Å². The topological polar surface area (TPSA) is 82.0 Å². The quantitative estimate of drug-likeness (QED) is 0.291. The van der Waals surface area contributed by atoms with Gasteiger partial charge in [-0.05, 0) is 61.0 Å². The van der Waals surface area contributed by atoms with Crippen LogP contribution in [0.3, 0.4) is 0 Å². The number of phenolic OH excluding ortho intramolecular Hbond substituents is 1. The lowest BCUT2D eigenvalue weighted by molar-refractivity contribution is -0.0588. The van der Waals surface area contributed by atoms with E-state index in [1.54, 1.807) is 0 Å². The van der Waals surface area contributed by atoms with Crippen LogP contribution in [0.15, 0.2) is 42.6 Å². The number of rotatable bonds is 9. The lowest BCUT2D eigenvalue weighted by Crippen LogP contribution is -2.23. The fourth-order valence-corrected chi connectivity index (χ4v) is 3.77. The smallest absolute Gasteiger partial charge is 0.433 e. The van der Waals surface area contributed by atoms with E-state index in [1.807, 2.05) is 44.3 Å². The van der Waals surface area contributed by atoms with Crippen LogP contribution in [0, 0.1) is 16.7 Å². The van der Waals surface area contributed by atoms with Gasteiger partial charge in [0.15, 0.2) is 0 Å². The molecule has 2 aromatic carbocycles. The minimum absolute atomic E-state index is 0.175. The second-order valence-corrected chi connectivity index (χ2v) is 7.94. The Morgan fingerprint density at radius 2 is 2.00 bits per heavy atom. The highest BCUT2D eigenvalue weighted by molar-refractivity contribution is 6.04. The molecule has 0 fully saturated rings. The number of hydrogen-bond donors (Lipinski definition) is 2. The third-order valence-electron chi connectivity index (χ3n) is 5.58. The number of nitrogens with zero attached hydrogens (tertiary/aromatic N) is 2. The number of ether oxygens (including phenoxy) is 1. The van der Waals surface area contributed by atoms with Gasteiger partial charge in [0.2, 0.25) is 0 Å². The van der Waals surface area contributed by atoms with Gasteiger partial charge in [-0.3, -0.25) is 5.41 Å². The minimum atomic E-state index is -4.84. The number of hydrogen-bond acceptors (Lipinski definition) is 4. The maximum atomic E-state index is 12.9. The van der Waals surface area contributed by atoms with Crippen LogP contribution in [0.2, 0.25) is 0 Å². The zero-order valence-corrected chi connectivity index (χ0v) is 18.5. The Morgan fingerprint density at radius 3 is 2.67 bits per heavy atom. The SMILES string of the molecule is CCCc1c(OCCCn2ccc3cc(C(C)C#N)ccc32)ccc(C(=N)C(F)(F)F)c1O. The molecular formula is C25H26F3N3O2. The van der Waals surface area contributed by atoms with Crippen LogP contribution in [0.25, 0.3) is 10.9 Å². The van der Waals surface area contributed by atoms with Gasteiger partial charge in [0.05, 0.1) is 18.6 Å². The van der Waals surface area contributed by atoms with Crippen LogP contribution < -0.4 is 4.74 Å². The maximum absolute atomic E-state index is 12.9. The first kappa shape index (κ1) is 24.2. The van der Waals surface area contributed by atoms with E-state index in [-0.39, 0.29) is 11.5 Å². The molecule has 2 N–H and O–H groups in total. The molecular weight excluding hydrogens is 431 g/mol. The van der Waals surface area contributed by atoms with Crippen molar-refractivity contribution in [3.05, 3.63) is 59.3 Å². The summed E-state index contributed by atoms with van der Waals surface area (Å²) in [5.74, 6) is -0.387. The summed E-state index contributed by atoms with van der Waals surface area (Å²) >= 11 is 0.